The topological polar surface area (TPSA) is 63.2 Å². The van der Waals surface area contributed by atoms with Gasteiger partial charge in [-0.15, -0.1) is 11.6 Å². The summed E-state index contributed by atoms with van der Waals surface area (Å²) in [4.78, 5) is 11.6. The number of sulfone groups is 1. The number of hydrogen-bond acceptors (Lipinski definition) is 3. The van der Waals surface area contributed by atoms with Crippen LogP contribution in [0, 0.1) is 11.8 Å². The largest absolute Gasteiger partial charge is 0.354 e. The summed E-state index contributed by atoms with van der Waals surface area (Å²) in [6.45, 7) is 0.460. The Hall–Kier alpha value is -0.290. The van der Waals surface area contributed by atoms with E-state index in [1.165, 1.54) is 0 Å². The third-order valence-electron chi connectivity index (χ3n) is 3.21. The number of rotatable bonds is 4. The van der Waals surface area contributed by atoms with Gasteiger partial charge >= 0.3 is 0 Å². The molecule has 1 aliphatic carbocycles. The zero-order valence-electron chi connectivity index (χ0n) is 8.99. The second kappa shape index (κ2) is 4.53. The SMILES string of the molecule is O=C(NCC(Cl)C1CC1)C1CCS(=O)(=O)C1. The van der Waals surface area contributed by atoms with Crippen molar-refractivity contribution in [3.8, 4) is 0 Å². The number of carbonyl (C=O) groups excluding carboxylic acids is 1. The molecule has 0 radical (unpaired) electrons. The van der Waals surface area contributed by atoms with Crippen LogP contribution in [0.1, 0.15) is 19.3 Å². The van der Waals surface area contributed by atoms with E-state index in [1.807, 2.05) is 0 Å². The lowest BCUT2D eigenvalue weighted by molar-refractivity contribution is -0.124. The molecule has 16 heavy (non-hydrogen) atoms. The van der Waals surface area contributed by atoms with Gasteiger partial charge in [0, 0.05) is 6.54 Å². The molecule has 1 heterocycles. The van der Waals surface area contributed by atoms with Crippen LogP contribution in [0.4, 0.5) is 0 Å². The van der Waals surface area contributed by atoms with Crippen LogP contribution in [0.2, 0.25) is 0 Å². The summed E-state index contributed by atoms with van der Waals surface area (Å²) < 4.78 is 22.4. The molecule has 2 atom stereocenters. The van der Waals surface area contributed by atoms with E-state index in [0.717, 1.165) is 12.8 Å². The lowest BCUT2D eigenvalue weighted by Crippen LogP contribution is -2.35. The first-order chi connectivity index (χ1) is 7.48. The number of nitrogens with one attached hydrogen (secondary N) is 1. The first kappa shape index (κ1) is 12.2. The van der Waals surface area contributed by atoms with Crippen molar-refractivity contribution in [1.29, 1.82) is 0 Å². The van der Waals surface area contributed by atoms with E-state index in [2.05, 4.69) is 5.32 Å². The van der Waals surface area contributed by atoms with Crippen LogP contribution in [0.5, 0.6) is 0 Å². The highest BCUT2D eigenvalue weighted by Gasteiger charge is 2.34. The Morgan fingerprint density at radius 3 is 2.56 bits per heavy atom. The number of amides is 1. The zero-order chi connectivity index (χ0) is 11.8. The lowest BCUT2D eigenvalue weighted by atomic mass is 10.1. The third kappa shape index (κ3) is 3.10. The molecule has 0 aromatic heterocycles. The number of carbonyl (C=O) groups is 1. The summed E-state index contributed by atoms with van der Waals surface area (Å²) in [6.07, 6.45) is 2.73. The van der Waals surface area contributed by atoms with Crippen LogP contribution in [0.3, 0.4) is 0 Å². The standard InChI is InChI=1S/C10H16ClNO3S/c11-9(7-1-2-7)5-12-10(13)8-3-4-16(14,15)6-8/h7-9H,1-6H2,(H,12,13). The van der Waals surface area contributed by atoms with Gasteiger partial charge in [0.05, 0.1) is 22.8 Å². The van der Waals surface area contributed by atoms with Crippen molar-refractivity contribution in [2.75, 3.05) is 18.1 Å². The minimum atomic E-state index is -2.98. The van der Waals surface area contributed by atoms with Gasteiger partial charge < -0.3 is 5.32 Å². The molecule has 1 saturated carbocycles. The molecular weight excluding hydrogens is 250 g/mol. The van der Waals surface area contributed by atoms with E-state index in [0.29, 0.717) is 18.9 Å². The average Bonchev–Trinajstić information content (AvgIpc) is 2.99. The van der Waals surface area contributed by atoms with Crippen molar-refractivity contribution in [3.05, 3.63) is 0 Å². The molecule has 1 aliphatic heterocycles. The van der Waals surface area contributed by atoms with E-state index >= 15 is 0 Å². The van der Waals surface area contributed by atoms with Gasteiger partial charge in [-0.05, 0) is 25.2 Å². The maximum atomic E-state index is 11.6. The maximum absolute atomic E-state index is 11.6. The molecule has 6 heteroatoms. The van der Waals surface area contributed by atoms with Crippen LogP contribution in [-0.2, 0) is 14.6 Å². The summed E-state index contributed by atoms with van der Waals surface area (Å²) in [5, 5.41) is 2.75. The summed E-state index contributed by atoms with van der Waals surface area (Å²) in [5.41, 5.74) is 0. The Labute approximate surface area is 101 Å². The summed E-state index contributed by atoms with van der Waals surface area (Å²) in [6, 6.07) is 0. The van der Waals surface area contributed by atoms with E-state index in [-0.39, 0.29) is 28.7 Å². The highest BCUT2D eigenvalue weighted by molar-refractivity contribution is 7.91. The van der Waals surface area contributed by atoms with E-state index < -0.39 is 9.84 Å². The molecule has 92 valence electrons. The van der Waals surface area contributed by atoms with E-state index in [4.69, 9.17) is 11.6 Å². The van der Waals surface area contributed by atoms with Gasteiger partial charge in [0.1, 0.15) is 0 Å². The second-order valence-electron chi connectivity index (χ2n) is 4.70. The molecule has 2 aliphatic rings. The Kier molecular flexibility index (Phi) is 3.45. The highest BCUT2D eigenvalue weighted by atomic mass is 35.5. The predicted octanol–water partition coefficient (Wildman–Crippen LogP) is 0.555. The van der Waals surface area contributed by atoms with Crippen molar-refractivity contribution >= 4 is 27.3 Å². The van der Waals surface area contributed by atoms with Crippen LogP contribution in [0.25, 0.3) is 0 Å². The molecule has 0 spiro atoms. The van der Waals surface area contributed by atoms with Crippen molar-refractivity contribution in [1.82, 2.24) is 5.32 Å². The minimum Gasteiger partial charge on any atom is -0.354 e. The highest BCUT2D eigenvalue weighted by Crippen LogP contribution is 2.35. The Morgan fingerprint density at radius 2 is 2.06 bits per heavy atom. The Balaban J connectivity index is 1.75. The van der Waals surface area contributed by atoms with Crippen LogP contribution < -0.4 is 5.32 Å². The van der Waals surface area contributed by atoms with Crippen molar-refractivity contribution < 1.29 is 13.2 Å². The van der Waals surface area contributed by atoms with Crippen LogP contribution >= 0.6 is 11.6 Å². The van der Waals surface area contributed by atoms with Crippen molar-refractivity contribution in [2.45, 2.75) is 24.6 Å². The molecule has 2 unspecified atom stereocenters. The summed E-state index contributed by atoms with van der Waals surface area (Å²) >= 11 is 6.05. The quantitative estimate of drug-likeness (QED) is 0.756. The van der Waals surface area contributed by atoms with Crippen molar-refractivity contribution in [2.24, 2.45) is 11.8 Å². The normalized spacial score (nSPS) is 29.9. The summed E-state index contributed by atoms with van der Waals surface area (Å²) in [7, 11) is -2.98. The number of hydrogen-bond donors (Lipinski definition) is 1. The average molecular weight is 266 g/mol. The second-order valence-corrected chi connectivity index (χ2v) is 7.49. The van der Waals surface area contributed by atoms with Gasteiger partial charge in [0.2, 0.25) is 5.91 Å². The monoisotopic (exact) mass is 265 g/mol. The maximum Gasteiger partial charge on any atom is 0.224 e. The smallest absolute Gasteiger partial charge is 0.224 e. The molecule has 1 N–H and O–H groups in total. The molecular formula is C10H16ClNO3S. The molecule has 2 rings (SSSR count). The van der Waals surface area contributed by atoms with Crippen LogP contribution in [-0.4, -0.2) is 37.8 Å². The molecule has 1 amide bonds. The lowest BCUT2D eigenvalue weighted by Gasteiger charge is -2.12. The number of halogens is 1. The van der Waals surface area contributed by atoms with Gasteiger partial charge in [-0.2, -0.15) is 0 Å². The van der Waals surface area contributed by atoms with Crippen molar-refractivity contribution in [3.63, 3.8) is 0 Å². The van der Waals surface area contributed by atoms with Gasteiger partial charge in [-0.1, -0.05) is 0 Å². The van der Waals surface area contributed by atoms with Gasteiger partial charge in [0.15, 0.2) is 9.84 Å². The summed E-state index contributed by atoms with van der Waals surface area (Å²) in [5.74, 6) is 0.141. The Bertz CT molecular complexity index is 378. The van der Waals surface area contributed by atoms with Gasteiger partial charge in [-0.25, -0.2) is 8.42 Å². The Morgan fingerprint density at radius 1 is 1.38 bits per heavy atom. The molecule has 0 aromatic rings. The van der Waals surface area contributed by atoms with Gasteiger partial charge in [0.25, 0.3) is 0 Å². The molecule has 2 fully saturated rings. The molecule has 1 saturated heterocycles. The van der Waals surface area contributed by atoms with E-state index in [9.17, 15) is 13.2 Å². The molecule has 4 nitrogen and oxygen atoms in total. The predicted molar refractivity (Wildman–Crippen MR) is 62.1 cm³/mol. The fourth-order valence-corrected chi connectivity index (χ4v) is 4.04. The first-order valence-corrected chi connectivity index (χ1v) is 7.86. The fraction of sp³-hybridized carbons (Fsp3) is 0.900. The minimum absolute atomic E-state index is 0.00182. The molecule has 0 bridgehead atoms. The van der Waals surface area contributed by atoms with E-state index in [1.54, 1.807) is 0 Å². The van der Waals surface area contributed by atoms with Gasteiger partial charge in [-0.3, -0.25) is 4.79 Å². The third-order valence-corrected chi connectivity index (χ3v) is 5.49. The van der Waals surface area contributed by atoms with Crippen LogP contribution in [0.15, 0.2) is 0 Å². The number of alkyl halides is 1. The zero-order valence-corrected chi connectivity index (χ0v) is 10.6. The molecule has 0 aromatic carbocycles. The fourth-order valence-electron chi connectivity index (χ4n) is 1.97. The first-order valence-electron chi connectivity index (χ1n) is 5.60.